The predicted octanol–water partition coefficient (Wildman–Crippen LogP) is 1.81. The fourth-order valence-electron chi connectivity index (χ4n) is 1.41. The second kappa shape index (κ2) is 2.60. The Labute approximate surface area is 72.5 Å². The van der Waals surface area contributed by atoms with Crippen molar-refractivity contribution in [2.24, 2.45) is 0 Å². The molecule has 0 saturated carbocycles. The van der Waals surface area contributed by atoms with E-state index in [4.69, 9.17) is 4.52 Å². The van der Waals surface area contributed by atoms with Gasteiger partial charge >= 0.3 is 0 Å². The minimum Gasteiger partial charge on any atom is -0.388 e. The maximum Gasteiger partial charge on any atom is 0.155 e. The molecule has 1 aromatic heterocycles. The van der Waals surface area contributed by atoms with Crippen molar-refractivity contribution in [2.45, 2.75) is 25.4 Å². The molecule has 1 N–H and O–H groups in total. The largest absolute Gasteiger partial charge is 0.388 e. The second-order valence-electron chi connectivity index (χ2n) is 2.72. The number of nitrogens with zero attached hydrogens (tertiary/aromatic N) is 1. The molecule has 0 aliphatic heterocycles. The Morgan fingerprint density at radius 1 is 1.64 bits per heavy atom. The summed E-state index contributed by atoms with van der Waals surface area (Å²) < 4.78 is 5.65. The lowest BCUT2D eigenvalue weighted by Crippen LogP contribution is -2.06. The number of halogens is 1. The maximum atomic E-state index is 9.50. The quantitative estimate of drug-likeness (QED) is 0.722. The summed E-state index contributed by atoms with van der Waals surface area (Å²) >= 11 is 3.23. The molecule has 1 aromatic rings. The number of rotatable bonds is 0. The number of aliphatic hydroxyl groups excluding tert-OH is 1. The molecular formula is C7H8BrNO2. The van der Waals surface area contributed by atoms with Gasteiger partial charge in [-0.3, -0.25) is 0 Å². The summed E-state index contributed by atoms with van der Waals surface area (Å²) in [7, 11) is 0. The van der Waals surface area contributed by atoms with Gasteiger partial charge in [-0.2, -0.15) is 0 Å². The molecule has 0 saturated heterocycles. The number of aliphatic hydroxyl groups is 1. The lowest BCUT2D eigenvalue weighted by molar-refractivity contribution is 0.151. The van der Waals surface area contributed by atoms with Crippen molar-refractivity contribution in [3.8, 4) is 0 Å². The Morgan fingerprint density at radius 2 is 2.45 bits per heavy atom. The van der Waals surface area contributed by atoms with Gasteiger partial charge in [0.15, 0.2) is 4.60 Å². The molecule has 0 bridgehead atoms. The summed E-state index contributed by atoms with van der Waals surface area (Å²) in [5.41, 5.74) is 0.844. The Bertz CT molecular complexity index is 271. The van der Waals surface area contributed by atoms with Gasteiger partial charge in [0, 0.05) is 6.42 Å². The van der Waals surface area contributed by atoms with Gasteiger partial charge in [0.2, 0.25) is 0 Å². The van der Waals surface area contributed by atoms with Crippen molar-refractivity contribution in [2.75, 3.05) is 0 Å². The Balaban J connectivity index is 2.48. The third-order valence-electron chi connectivity index (χ3n) is 1.97. The van der Waals surface area contributed by atoms with E-state index in [2.05, 4.69) is 21.1 Å². The van der Waals surface area contributed by atoms with Gasteiger partial charge in [-0.1, -0.05) is 5.16 Å². The summed E-state index contributed by atoms with van der Waals surface area (Å²) in [4.78, 5) is 0. The number of aromatic nitrogens is 1. The van der Waals surface area contributed by atoms with Crippen LogP contribution < -0.4 is 0 Å². The lowest BCUT2D eigenvalue weighted by Gasteiger charge is -2.14. The van der Waals surface area contributed by atoms with E-state index in [1.807, 2.05) is 0 Å². The first-order chi connectivity index (χ1) is 5.29. The van der Waals surface area contributed by atoms with Gasteiger partial charge in [0.25, 0.3) is 0 Å². The molecule has 0 radical (unpaired) electrons. The van der Waals surface area contributed by atoms with Crippen LogP contribution in [-0.4, -0.2) is 10.3 Å². The Hall–Kier alpha value is -0.350. The number of fused-ring (bicyclic) bond motifs is 1. The fourth-order valence-corrected chi connectivity index (χ4v) is 1.97. The molecule has 1 heterocycles. The first kappa shape index (κ1) is 7.31. The van der Waals surface area contributed by atoms with Crippen LogP contribution in [-0.2, 0) is 6.42 Å². The summed E-state index contributed by atoms with van der Waals surface area (Å²) in [5.74, 6) is 0.829. The van der Waals surface area contributed by atoms with Gasteiger partial charge in [0.1, 0.15) is 5.76 Å². The van der Waals surface area contributed by atoms with Crippen molar-refractivity contribution in [3.05, 3.63) is 15.9 Å². The highest BCUT2D eigenvalue weighted by molar-refractivity contribution is 9.10. The molecule has 2 rings (SSSR count). The zero-order chi connectivity index (χ0) is 7.84. The molecule has 0 aromatic carbocycles. The zero-order valence-corrected chi connectivity index (χ0v) is 7.47. The normalized spacial score (nSPS) is 23.3. The van der Waals surface area contributed by atoms with E-state index in [0.717, 1.165) is 30.6 Å². The molecule has 3 nitrogen and oxygen atoms in total. The van der Waals surface area contributed by atoms with Crippen LogP contribution in [0.4, 0.5) is 0 Å². The molecule has 1 atom stereocenters. The summed E-state index contributed by atoms with van der Waals surface area (Å²) in [6.45, 7) is 0. The Kier molecular flexibility index (Phi) is 1.73. The van der Waals surface area contributed by atoms with E-state index < -0.39 is 0 Å². The second-order valence-corrected chi connectivity index (χ2v) is 3.47. The minimum atomic E-state index is -0.389. The average molecular weight is 218 g/mol. The van der Waals surface area contributed by atoms with Crippen LogP contribution in [0.2, 0.25) is 0 Å². The third-order valence-corrected chi connectivity index (χ3v) is 2.55. The van der Waals surface area contributed by atoms with Gasteiger partial charge in [-0.15, -0.1) is 0 Å². The van der Waals surface area contributed by atoms with Gasteiger partial charge in [0.05, 0.1) is 11.7 Å². The van der Waals surface area contributed by atoms with Crippen molar-refractivity contribution >= 4 is 15.9 Å². The van der Waals surface area contributed by atoms with Crippen LogP contribution >= 0.6 is 15.9 Å². The zero-order valence-electron chi connectivity index (χ0n) is 5.88. The summed E-state index contributed by atoms with van der Waals surface area (Å²) in [6.07, 6.45) is 2.30. The number of hydrogen-bond donors (Lipinski definition) is 1. The SMILES string of the molecule is OC1CCCc2onc(Br)c21. The average Bonchev–Trinajstić information content (AvgIpc) is 2.34. The Morgan fingerprint density at radius 3 is 3.18 bits per heavy atom. The monoisotopic (exact) mass is 217 g/mol. The standard InChI is InChI=1S/C7H8BrNO2/c8-7-6-4(10)2-1-3-5(6)11-9-7/h4,10H,1-3H2. The van der Waals surface area contributed by atoms with Crippen LogP contribution in [0.3, 0.4) is 0 Å². The van der Waals surface area contributed by atoms with Crippen molar-refractivity contribution in [3.63, 3.8) is 0 Å². The third kappa shape index (κ3) is 1.10. The number of aryl methyl sites for hydroxylation is 1. The molecule has 11 heavy (non-hydrogen) atoms. The van der Waals surface area contributed by atoms with E-state index in [0.29, 0.717) is 4.60 Å². The van der Waals surface area contributed by atoms with E-state index in [1.165, 1.54) is 0 Å². The smallest absolute Gasteiger partial charge is 0.155 e. The first-order valence-corrected chi connectivity index (χ1v) is 4.40. The molecule has 1 unspecified atom stereocenters. The maximum absolute atomic E-state index is 9.50. The number of hydrogen-bond acceptors (Lipinski definition) is 3. The fraction of sp³-hybridized carbons (Fsp3) is 0.571. The highest BCUT2D eigenvalue weighted by atomic mass is 79.9. The first-order valence-electron chi connectivity index (χ1n) is 3.61. The molecule has 0 amide bonds. The van der Waals surface area contributed by atoms with E-state index in [9.17, 15) is 5.11 Å². The van der Waals surface area contributed by atoms with Crippen LogP contribution in [0.1, 0.15) is 30.3 Å². The highest BCUT2D eigenvalue weighted by Crippen LogP contribution is 2.34. The topological polar surface area (TPSA) is 46.3 Å². The van der Waals surface area contributed by atoms with Crippen LogP contribution in [0.15, 0.2) is 9.13 Å². The van der Waals surface area contributed by atoms with Gasteiger partial charge < -0.3 is 9.63 Å². The van der Waals surface area contributed by atoms with Gasteiger partial charge in [-0.05, 0) is 28.8 Å². The van der Waals surface area contributed by atoms with E-state index in [1.54, 1.807) is 0 Å². The van der Waals surface area contributed by atoms with Crippen LogP contribution in [0.25, 0.3) is 0 Å². The predicted molar refractivity (Wildman–Crippen MR) is 42.1 cm³/mol. The molecule has 1 aliphatic carbocycles. The van der Waals surface area contributed by atoms with Gasteiger partial charge in [-0.25, -0.2) is 0 Å². The highest BCUT2D eigenvalue weighted by Gasteiger charge is 2.25. The molecular weight excluding hydrogens is 210 g/mol. The van der Waals surface area contributed by atoms with Crippen molar-refractivity contribution in [1.29, 1.82) is 0 Å². The van der Waals surface area contributed by atoms with Crippen LogP contribution in [0, 0.1) is 0 Å². The minimum absolute atomic E-state index is 0.389. The molecule has 1 aliphatic rings. The molecule has 0 fully saturated rings. The molecule has 60 valence electrons. The van der Waals surface area contributed by atoms with Crippen LogP contribution in [0.5, 0.6) is 0 Å². The summed E-state index contributed by atoms with van der Waals surface area (Å²) in [6, 6.07) is 0. The molecule has 4 heteroatoms. The summed E-state index contributed by atoms with van der Waals surface area (Å²) in [5, 5.41) is 13.2. The van der Waals surface area contributed by atoms with E-state index >= 15 is 0 Å². The van der Waals surface area contributed by atoms with Crippen molar-refractivity contribution < 1.29 is 9.63 Å². The lowest BCUT2D eigenvalue weighted by atomic mass is 9.96. The van der Waals surface area contributed by atoms with E-state index in [-0.39, 0.29) is 6.10 Å². The van der Waals surface area contributed by atoms with Crippen molar-refractivity contribution in [1.82, 2.24) is 5.16 Å². The molecule has 0 spiro atoms.